The molecule has 0 aliphatic rings. The molecule has 3 nitrogen and oxygen atoms in total. The van der Waals surface area contributed by atoms with Crippen LogP contribution in [0.1, 0.15) is 31.2 Å². The molecule has 0 saturated heterocycles. The summed E-state index contributed by atoms with van der Waals surface area (Å²) < 4.78 is 0. The number of aromatic nitrogens is 2. The van der Waals surface area contributed by atoms with Gasteiger partial charge >= 0.3 is 0 Å². The largest absolute Gasteiger partial charge is 0.310 e. The zero-order valence-corrected chi connectivity index (χ0v) is 11.9. The number of nitrogens with one attached hydrogen (secondary N) is 1. The van der Waals surface area contributed by atoms with Gasteiger partial charge in [0.2, 0.25) is 0 Å². The maximum absolute atomic E-state index is 4.49. The molecule has 0 unspecified atom stereocenters. The van der Waals surface area contributed by atoms with Gasteiger partial charge in [0.25, 0.3) is 0 Å². The van der Waals surface area contributed by atoms with Crippen LogP contribution in [-0.4, -0.2) is 16.0 Å². The lowest BCUT2D eigenvalue weighted by Crippen LogP contribution is -2.21. The van der Waals surface area contributed by atoms with Gasteiger partial charge in [-0.15, -0.1) is 11.3 Å². The first-order chi connectivity index (χ1) is 8.70. The number of pyridine rings is 1. The third-order valence-corrected chi connectivity index (χ3v) is 3.72. The van der Waals surface area contributed by atoms with Gasteiger partial charge < -0.3 is 5.32 Å². The maximum atomic E-state index is 4.49. The Morgan fingerprint density at radius 2 is 2.17 bits per heavy atom. The summed E-state index contributed by atoms with van der Waals surface area (Å²) in [6.07, 6.45) is 4.77. The van der Waals surface area contributed by atoms with Gasteiger partial charge in [-0.3, -0.25) is 4.98 Å². The minimum absolute atomic E-state index is 0.497. The van der Waals surface area contributed by atoms with E-state index in [0.29, 0.717) is 6.04 Å². The van der Waals surface area contributed by atoms with Gasteiger partial charge in [0.1, 0.15) is 10.7 Å². The molecule has 0 bridgehead atoms. The van der Waals surface area contributed by atoms with Gasteiger partial charge in [0.05, 0.1) is 0 Å². The highest BCUT2D eigenvalue weighted by atomic mass is 32.1. The molecule has 0 aliphatic heterocycles. The zero-order valence-electron chi connectivity index (χ0n) is 11.1. The van der Waals surface area contributed by atoms with Crippen molar-refractivity contribution in [1.82, 2.24) is 15.3 Å². The number of hydrogen-bond donors (Lipinski definition) is 1. The van der Waals surface area contributed by atoms with Gasteiger partial charge in [-0.05, 0) is 18.1 Å². The van der Waals surface area contributed by atoms with Gasteiger partial charge in [-0.2, -0.15) is 0 Å². The van der Waals surface area contributed by atoms with Crippen LogP contribution in [0.5, 0.6) is 0 Å². The molecule has 0 spiro atoms. The summed E-state index contributed by atoms with van der Waals surface area (Å²) in [5.41, 5.74) is 2.29. The third kappa shape index (κ3) is 3.15. The molecule has 1 N–H and O–H groups in total. The normalized spacial score (nSPS) is 11.1. The zero-order chi connectivity index (χ0) is 13.0. The van der Waals surface area contributed by atoms with E-state index < -0.39 is 0 Å². The fourth-order valence-electron chi connectivity index (χ4n) is 1.72. The second kappa shape index (κ2) is 6.07. The summed E-state index contributed by atoms with van der Waals surface area (Å²) in [4.78, 5) is 10.2. The second-order valence-corrected chi connectivity index (χ2v) is 5.65. The van der Waals surface area contributed by atoms with E-state index in [1.165, 1.54) is 10.4 Å². The maximum Gasteiger partial charge on any atom is 0.142 e. The van der Waals surface area contributed by atoms with Crippen LogP contribution in [0, 0.1) is 0 Å². The van der Waals surface area contributed by atoms with E-state index in [0.717, 1.165) is 23.7 Å². The molecule has 2 aromatic rings. The van der Waals surface area contributed by atoms with Gasteiger partial charge in [-0.25, -0.2) is 4.98 Å². The number of aryl methyl sites for hydroxylation is 1. The lowest BCUT2D eigenvalue weighted by Gasteiger charge is -2.05. The van der Waals surface area contributed by atoms with Crippen molar-refractivity contribution in [2.75, 3.05) is 0 Å². The fraction of sp³-hybridized carbons (Fsp3) is 0.429. The van der Waals surface area contributed by atoms with Gasteiger partial charge in [0, 0.05) is 29.9 Å². The molecule has 0 aliphatic carbocycles. The molecule has 2 rings (SSSR count). The number of nitrogens with zero attached hydrogens (tertiary/aromatic N) is 2. The van der Waals surface area contributed by atoms with Crippen molar-refractivity contribution in [2.24, 2.45) is 0 Å². The van der Waals surface area contributed by atoms with Crippen molar-refractivity contribution in [3.63, 3.8) is 0 Å². The molecule has 0 aromatic carbocycles. The highest BCUT2D eigenvalue weighted by Crippen LogP contribution is 2.26. The number of hydrogen-bond acceptors (Lipinski definition) is 4. The number of thiazole rings is 1. The Morgan fingerprint density at radius 3 is 2.89 bits per heavy atom. The molecule has 0 fully saturated rings. The summed E-state index contributed by atoms with van der Waals surface area (Å²) in [6, 6.07) is 4.60. The van der Waals surface area contributed by atoms with E-state index >= 15 is 0 Å². The Bertz CT molecular complexity index is 505. The van der Waals surface area contributed by atoms with E-state index in [1.807, 2.05) is 18.5 Å². The van der Waals surface area contributed by atoms with E-state index in [-0.39, 0.29) is 0 Å². The molecule has 0 radical (unpaired) electrons. The molecule has 0 saturated carbocycles. The quantitative estimate of drug-likeness (QED) is 0.897. The van der Waals surface area contributed by atoms with Crippen LogP contribution in [0.4, 0.5) is 0 Å². The molecular weight excluding hydrogens is 242 g/mol. The number of rotatable bonds is 5. The SMILES string of the molecule is CCc1cccnc1-c1ncc(CNC(C)C)s1. The third-order valence-electron chi connectivity index (χ3n) is 2.71. The van der Waals surface area contributed by atoms with Crippen molar-refractivity contribution >= 4 is 11.3 Å². The van der Waals surface area contributed by atoms with Crippen molar-refractivity contribution < 1.29 is 0 Å². The van der Waals surface area contributed by atoms with Crippen molar-refractivity contribution in [3.05, 3.63) is 35.0 Å². The highest BCUT2D eigenvalue weighted by Gasteiger charge is 2.09. The van der Waals surface area contributed by atoms with E-state index in [1.54, 1.807) is 11.3 Å². The van der Waals surface area contributed by atoms with E-state index in [2.05, 4.69) is 42.1 Å². The van der Waals surface area contributed by atoms with Crippen LogP contribution < -0.4 is 5.32 Å². The predicted octanol–water partition coefficient (Wildman–Crippen LogP) is 3.27. The Hall–Kier alpha value is -1.26. The Labute approximate surface area is 112 Å². The van der Waals surface area contributed by atoms with Crippen LogP contribution in [0.25, 0.3) is 10.7 Å². The Kier molecular flexibility index (Phi) is 4.44. The van der Waals surface area contributed by atoms with Crippen LogP contribution in [0.3, 0.4) is 0 Å². The lowest BCUT2D eigenvalue weighted by molar-refractivity contribution is 0.593. The molecule has 2 aromatic heterocycles. The average Bonchev–Trinajstić information content (AvgIpc) is 2.85. The van der Waals surface area contributed by atoms with Crippen molar-refractivity contribution in [2.45, 2.75) is 39.8 Å². The predicted molar refractivity (Wildman–Crippen MR) is 76.7 cm³/mol. The molecule has 2 heterocycles. The van der Waals surface area contributed by atoms with Crippen LogP contribution >= 0.6 is 11.3 Å². The fourth-order valence-corrected chi connectivity index (χ4v) is 2.62. The molecule has 0 atom stereocenters. The first-order valence-corrected chi connectivity index (χ1v) is 7.14. The minimum Gasteiger partial charge on any atom is -0.310 e. The van der Waals surface area contributed by atoms with Gasteiger partial charge in [0.15, 0.2) is 0 Å². The van der Waals surface area contributed by atoms with Crippen LogP contribution in [0.15, 0.2) is 24.5 Å². The van der Waals surface area contributed by atoms with Crippen molar-refractivity contribution in [3.8, 4) is 10.7 Å². The monoisotopic (exact) mass is 261 g/mol. The topological polar surface area (TPSA) is 37.8 Å². The Balaban J connectivity index is 2.18. The summed E-state index contributed by atoms with van der Waals surface area (Å²) >= 11 is 1.72. The van der Waals surface area contributed by atoms with Crippen molar-refractivity contribution in [1.29, 1.82) is 0 Å². The average molecular weight is 261 g/mol. The second-order valence-electron chi connectivity index (χ2n) is 4.53. The molecule has 0 amide bonds. The minimum atomic E-state index is 0.497. The van der Waals surface area contributed by atoms with Gasteiger partial charge in [-0.1, -0.05) is 26.8 Å². The smallest absolute Gasteiger partial charge is 0.142 e. The summed E-state index contributed by atoms with van der Waals surface area (Å²) in [7, 11) is 0. The molecule has 4 heteroatoms. The molecule has 96 valence electrons. The summed E-state index contributed by atoms with van der Waals surface area (Å²) in [5, 5.41) is 4.43. The Morgan fingerprint density at radius 1 is 1.33 bits per heavy atom. The van der Waals surface area contributed by atoms with Crippen LogP contribution in [-0.2, 0) is 13.0 Å². The first kappa shape index (κ1) is 13.2. The van der Waals surface area contributed by atoms with E-state index in [9.17, 15) is 0 Å². The summed E-state index contributed by atoms with van der Waals surface area (Å²) in [6.45, 7) is 7.32. The molecular formula is C14H19N3S. The molecule has 18 heavy (non-hydrogen) atoms. The standard InChI is InChI=1S/C14H19N3S/c1-4-11-6-5-7-15-13(11)14-17-9-12(18-14)8-16-10(2)3/h5-7,9-10,16H,4,8H2,1-3H3. The van der Waals surface area contributed by atoms with E-state index in [4.69, 9.17) is 0 Å². The van der Waals surface area contributed by atoms with Crippen LogP contribution in [0.2, 0.25) is 0 Å². The first-order valence-electron chi connectivity index (χ1n) is 6.33. The highest BCUT2D eigenvalue weighted by molar-refractivity contribution is 7.15. The lowest BCUT2D eigenvalue weighted by atomic mass is 10.1. The summed E-state index contributed by atoms with van der Waals surface area (Å²) in [5.74, 6) is 0.